The minimum absolute atomic E-state index is 0.137. The molecule has 0 saturated carbocycles. The zero-order chi connectivity index (χ0) is 10.1. The highest BCUT2D eigenvalue weighted by molar-refractivity contribution is 5.83. The average molecular weight is 197 g/mol. The number of carbonyl (C=O) groups excluding carboxylic acids is 1. The van der Waals surface area contributed by atoms with Gasteiger partial charge in [0.2, 0.25) is 0 Å². The van der Waals surface area contributed by atoms with E-state index in [-0.39, 0.29) is 12.0 Å². The summed E-state index contributed by atoms with van der Waals surface area (Å²) in [5.41, 5.74) is 0. The third-order valence-electron chi connectivity index (χ3n) is 3.67. The van der Waals surface area contributed by atoms with Crippen molar-refractivity contribution in [3.8, 4) is 0 Å². The molecule has 0 spiro atoms. The molecule has 2 aliphatic heterocycles. The minimum Gasteiger partial charge on any atom is -0.393 e. The van der Waals surface area contributed by atoms with E-state index < -0.39 is 0 Å². The summed E-state index contributed by atoms with van der Waals surface area (Å²) in [6.07, 6.45) is 3.48. The highest BCUT2D eigenvalue weighted by Crippen LogP contribution is 2.29. The van der Waals surface area contributed by atoms with Gasteiger partial charge >= 0.3 is 0 Å². The van der Waals surface area contributed by atoms with Gasteiger partial charge in [0.05, 0.1) is 12.6 Å². The molecule has 0 aromatic rings. The van der Waals surface area contributed by atoms with Crippen LogP contribution >= 0.6 is 0 Å². The Morgan fingerprint density at radius 2 is 2.29 bits per heavy atom. The van der Waals surface area contributed by atoms with Gasteiger partial charge in [0, 0.05) is 18.5 Å². The summed E-state index contributed by atoms with van der Waals surface area (Å²) in [5.74, 6) is 0.654. The third kappa shape index (κ3) is 1.84. The Morgan fingerprint density at radius 3 is 3.00 bits per heavy atom. The van der Waals surface area contributed by atoms with Crippen molar-refractivity contribution in [3.63, 3.8) is 0 Å². The Bertz CT molecular complexity index is 229. The van der Waals surface area contributed by atoms with E-state index in [0.29, 0.717) is 18.4 Å². The Kier molecular flexibility index (Phi) is 2.88. The van der Waals surface area contributed by atoms with Gasteiger partial charge in [-0.15, -0.1) is 0 Å². The fourth-order valence-corrected chi connectivity index (χ4v) is 2.72. The summed E-state index contributed by atoms with van der Waals surface area (Å²) in [6.45, 7) is 3.60. The van der Waals surface area contributed by atoms with Crippen LogP contribution < -0.4 is 0 Å². The Morgan fingerprint density at radius 1 is 1.50 bits per heavy atom. The molecule has 14 heavy (non-hydrogen) atoms. The Hall–Kier alpha value is -0.410. The number of nitrogens with zero attached hydrogens (tertiary/aromatic N) is 1. The molecular formula is C11H19NO2. The lowest BCUT2D eigenvalue weighted by molar-refractivity contribution is -0.131. The second kappa shape index (κ2) is 3.99. The molecule has 2 rings (SSSR count). The molecule has 3 unspecified atom stereocenters. The summed E-state index contributed by atoms with van der Waals surface area (Å²) in [4.78, 5) is 13.9. The van der Waals surface area contributed by atoms with Crippen LogP contribution in [0.4, 0.5) is 0 Å². The Balaban J connectivity index is 2.01. The number of carbonyl (C=O) groups is 1. The molecule has 3 atom stereocenters. The molecule has 0 aromatic heterocycles. The van der Waals surface area contributed by atoms with Crippen LogP contribution in [0, 0.1) is 5.92 Å². The van der Waals surface area contributed by atoms with Crippen LogP contribution in [0.2, 0.25) is 0 Å². The van der Waals surface area contributed by atoms with E-state index >= 15 is 0 Å². The Labute approximate surface area is 85.1 Å². The number of aliphatic hydroxyl groups is 1. The SMILES string of the molecule is CCC1CC2CC(O)CCN2CC1=O. The van der Waals surface area contributed by atoms with Gasteiger partial charge in [0.25, 0.3) is 0 Å². The molecule has 1 N–H and O–H groups in total. The average Bonchev–Trinajstić information content (AvgIpc) is 2.17. The van der Waals surface area contributed by atoms with Crippen LogP contribution in [0.25, 0.3) is 0 Å². The molecule has 2 fully saturated rings. The van der Waals surface area contributed by atoms with E-state index in [1.54, 1.807) is 0 Å². The molecule has 2 saturated heterocycles. The smallest absolute Gasteiger partial charge is 0.149 e. The van der Waals surface area contributed by atoms with E-state index in [1.807, 2.05) is 0 Å². The predicted molar refractivity (Wildman–Crippen MR) is 54.0 cm³/mol. The van der Waals surface area contributed by atoms with Crippen molar-refractivity contribution in [1.29, 1.82) is 0 Å². The van der Waals surface area contributed by atoms with Crippen LogP contribution in [-0.2, 0) is 4.79 Å². The maximum atomic E-state index is 11.7. The van der Waals surface area contributed by atoms with E-state index in [4.69, 9.17) is 0 Å². The van der Waals surface area contributed by atoms with Crippen LogP contribution in [0.5, 0.6) is 0 Å². The molecule has 80 valence electrons. The van der Waals surface area contributed by atoms with Crippen LogP contribution in [0.1, 0.15) is 32.6 Å². The number of piperidine rings is 2. The van der Waals surface area contributed by atoms with Crippen molar-refractivity contribution >= 4 is 5.78 Å². The zero-order valence-corrected chi connectivity index (χ0v) is 8.78. The third-order valence-corrected chi connectivity index (χ3v) is 3.67. The topological polar surface area (TPSA) is 40.5 Å². The largest absolute Gasteiger partial charge is 0.393 e. The second-order valence-electron chi connectivity index (χ2n) is 4.61. The fourth-order valence-electron chi connectivity index (χ4n) is 2.72. The van der Waals surface area contributed by atoms with Crippen molar-refractivity contribution in [2.24, 2.45) is 5.92 Å². The molecule has 3 nitrogen and oxygen atoms in total. The minimum atomic E-state index is -0.137. The second-order valence-corrected chi connectivity index (χ2v) is 4.61. The molecule has 0 radical (unpaired) electrons. The van der Waals surface area contributed by atoms with Gasteiger partial charge in [-0.05, 0) is 25.7 Å². The number of hydrogen-bond acceptors (Lipinski definition) is 3. The maximum absolute atomic E-state index is 11.7. The number of ketones is 1. The van der Waals surface area contributed by atoms with E-state index in [2.05, 4.69) is 11.8 Å². The van der Waals surface area contributed by atoms with Gasteiger partial charge in [-0.1, -0.05) is 6.92 Å². The standard InChI is InChI=1S/C11H19NO2/c1-2-8-5-9-6-10(13)3-4-12(9)7-11(8)14/h8-10,13H,2-7H2,1H3. The molecule has 0 bridgehead atoms. The first-order valence-corrected chi connectivity index (χ1v) is 5.65. The quantitative estimate of drug-likeness (QED) is 0.676. The van der Waals surface area contributed by atoms with Gasteiger partial charge in [-0.2, -0.15) is 0 Å². The summed E-state index contributed by atoms with van der Waals surface area (Å²) in [5, 5.41) is 9.56. The lowest BCUT2D eigenvalue weighted by atomic mass is 9.83. The summed E-state index contributed by atoms with van der Waals surface area (Å²) < 4.78 is 0. The fraction of sp³-hybridized carbons (Fsp3) is 0.909. The van der Waals surface area contributed by atoms with Gasteiger partial charge in [0.1, 0.15) is 5.78 Å². The molecule has 2 heterocycles. The molecule has 0 amide bonds. The lowest BCUT2D eigenvalue weighted by Gasteiger charge is -2.42. The zero-order valence-electron chi connectivity index (χ0n) is 8.78. The van der Waals surface area contributed by atoms with E-state index in [1.165, 1.54) is 0 Å². The molecular weight excluding hydrogens is 178 g/mol. The van der Waals surface area contributed by atoms with Crippen molar-refractivity contribution in [3.05, 3.63) is 0 Å². The monoisotopic (exact) mass is 197 g/mol. The number of fused-ring (bicyclic) bond motifs is 1. The van der Waals surface area contributed by atoms with Crippen LogP contribution in [-0.4, -0.2) is 41.0 Å². The molecule has 0 aliphatic carbocycles. The van der Waals surface area contributed by atoms with Gasteiger partial charge < -0.3 is 5.11 Å². The van der Waals surface area contributed by atoms with Crippen molar-refractivity contribution in [1.82, 2.24) is 4.90 Å². The van der Waals surface area contributed by atoms with Crippen LogP contribution in [0.3, 0.4) is 0 Å². The predicted octanol–water partition coefficient (Wildman–Crippen LogP) is 0.811. The number of Topliss-reactive ketones (excluding diaryl/α,β-unsaturated/α-hetero) is 1. The van der Waals surface area contributed by atoms with Crippen molar-refractivity contribution in [2.75, 3.05) is 13.1 Å². The highest BCUT2D eigenvalue weighted by atomic mass is 16.3. The molecule has 0 aromatic carbocycles. The van der Waals surface area contributed by atoms with Gasteiger partial charge in [-0.25, -0.2) is 0 Å². The summed E-state index contributed by atoms with van der Waals surface area (Å²) in [7, 11) is 0. The lowest BCUT2D eigenvalue weighted by Crippen LogP contribution is -2.52. The van der Waals surface area contributed by atoms with Crippen molar-refractivity contribution in [2.45, 2.75) is 44.8 Å². The van der Waals surface area contributed by atoms with E-state index in [0.717, 1.165) is 32.2 Å². The summed E-state index contributed by atoms with van der Waals surface area (Å²) in [6, 6.07) is 0.460. The normalized spacial score (nSPS) is 39.6. The van der Waals surface area contributed by atoms with E-state index in [9.17, 15) is 9.90 Å². The van der Waals surface area contributed by atoms with Crippen LogP contribution in [0.15, 0.2) is 0 Å². The first kappa shape index (κ1) is 10.1. The summed E-state index contributed by atoms with van der Waals surface area (Å²) >= 11 is 0. The number of hydrogen-bond donors (Lipinski definition) is 1. The van der Waals surface area contributed by atoms with Crippen molar-refractivity contribution < 1.29 is 9.90 Å². The van der Waals surface area contributed by atoms with Gasteiger partial charge in [-0.3, -0.25) is 9.69 Å². The number of rotatable bonds is 1. The van der Waals surface area contributed by atoms with Gasteiger partial charge in [0.15, 0.2) is 0 Å². The first-order valence-electron chi connectivity index (χ1n) is 5.65. The molecule has 3 heteroatoms. The number of aliphatic hydroxyl groups excluding tert-OH is 1. The maximum Gasteiger partial charge on any atom is 0.149 e. The highest BCUT2D eigenvalue weighted by Gasteiger charge is 2.36. The molecule has 2 aliphatic rings. The first-order chi connectivity index (χ1) is 6.70.